The number of rotatable bonds is 2. The molecular formula is C9H5Cl3N2S. The predicted molar refractivity (Wildman–Crippen MR) is 64.2 cm³/mol. The Kier molecular flexibility index (Phi) is 3.46. The fourth-order valence-electron chi connectivity index (χ4n) is 1.13. The molecule has 0 amide bonds. The van der Waals surface area contributed by atoms with Gasteiger partial charge in [-0.1, -0.05) is 29.3 Å². The van der Waals surface area contributed by atoms with Gasteiger partial charge in [-0.3, -0.25) is 0 Å². The summed E-state index contributed by atoms with van der Waals surface area (Å²) in [7, 11) is 0. The van der Waals surface area contributed by atoms with Gasteiger partial charge < -0.3 is 0 Å². The average Bonchev–Trinajstić information content (AvgIpc) is 2.58. The molecule has 6 heteroatoms. The highest BCUT2D eigenvalue weighted by Gasteiger charge is 2.05. The Balaban J connectivity index is 2.21. The standard InChI is InChI=1S/C9H5Cl3N2S/c10-6-2-1-5(3-7(6)11)4-8-13-9(12)14-15-8/h1-3H,4H2. The quantitative estimate of drug-likeness (QED) is 0.827. The van der Waals surface area contributed by atoms with Crippen LogP contribution < -0.4 is 0 Å². The van der Waals surface area contributed by atoms with E-state index in [4.69, 9.17) is 34.8 Å². The molecule has 2 rings (SSSR count). The molecule has 0 N–H and O–H groups in total. The third kappa shape index (κ3) is 2.82. The first-order valence-electron chi connectivity index (χ1n) is 4.07. The zero-order chi connectivity index (χ0) is 10.8. The van der Waals surface area contributed by atoms with E-state index in [-0.39, 0.29) is 5.28 Å². The fraction of sp³-hybridized carbons (Fsp3) is 0.111. The summed E-state index contributed by atoms with van der Waals surface area (Å²) >= 11 is 18.6. The van der Waals surface area contributed by atoms with Crippen molar-refractivity contribution in [3.8, 4) is 0 Å². The molecular weight excluding hydrogens is 275 g/mol. The van der Waals surface area contributed by atoms with Crippen LogP contribution in [0.4, 0.5) is 0 Å². The van der Waals surface area contributed by atoms with E-state index in [0.29, 0.717) is 16.5 Å². The fourth-order valence-corrected chi connectivity index (χ4v) is 2.29. The molecule has 0 saturated heterocycles. The lowest BCUT2D eigenvalue weighted by atomic mass is 10.2. The lowest BCUT2D eigenvalue weighted by Crippen LogP contribution is -1.86. The largest absolute Gasteiger partial charge is 0.234 e. The van der Waals surface area contributed by atoms with Gasteiger partial charge in [-0.05, 0) is 40.8 Å². The van der Waals surface area contributed by atoms with Crippen molar-refractivity contribution in [1.82, 2.24) is 9.36 Å². The summed E-state index contributed by atoms with van der Waals surface area (Å²) in [5.74, 6) is 0. The van der Waals surface area contributed by atoms with Crippen LogP contribution in [-0.2, 0) is 6.42 Å². The molecule has 1 heterocycles. The summed E-state index contributed by atoms with van der Waals surface area (Å²) in [5.41, 5.74) is 1.04. The van der Waals surface area contributed by atoms with Crippen LogP contribution in [0, 0.1) is 0 Å². The molecule has 2 aromatic rings. The topological polar surface area (TPSA) is 25.8 Å². The van der Waals surface area contributed by atoms with Crippen molar-refractivity contribution in [3.05, 3.63) is 44.1 Å². The smallest absolute Gasteiger partial charge is 0.209 e. The summed E-state index contributed by atoms with van der Waals surface area (Å²) < 4.78 is 3.89. The first kappa shape index (κ1) is 11.1. The number of hydrogen-bond acceptors (Lipinski definition) is 3. The van der Waals surface area contributed by atoms with Gasteiger partial charge in [0.25, 0.3) is 0 Å². The van der Waals surface area contributed by atoms with Crippen molar-refractivity contribution >= 4 is 46.3 Å². The lowest BCUT2D eigenvalue weighted by molar-refractivity contribution is 1.13. The lowest BCUT2D eigenvalue weighted by Gasteiger charge is -1.99. The normalized spacial score (nSPS) is 10.6. The molecule has 2 nitrogen and oxygen atoms in total. The summed E-state index contributed by atoms with van der Waals surface area (Å²) in [6, 6.07) is 5.49. The first-order valence-corrected chi connectivity index (χ1v) is 5.98. The number of benzene rings is 1. The van der Waals surface area contributed by atoms with Crippen LogP contribution in [0.3, 0.4) is 0 Å². The second-order valence-electron chi connectivity index (χ2n) is 2.88. The van der Waals surface area contributed by atoms with Gasteiger partial charge in [0.15, 0.2) is 0 Å². The Morgan fingerprint density at radius 1 is 1.13 bits per heavy atom. The van der Waals surface area contributed by atoms with E-state index < -0.39 is 0 Å². The minimum Gasteiger partial charge on any atom is -0.209 e. The van der Waals surface area contributed by atoms with Gasteiger partial charge in [0.05, 0.1) is 10.0 Å². The summed E-state index contributed by atoms with van der Waals surface area (Å²) in [6.07, 6.45) is 0.668. The van der Waals surface area contributed by atoms with Crippen molar-refractivity contribution in [1.29, 1.82) is 0 Å². The van der Waals surface area contributed by atoms with Gasteiger partial charge in [-0.25, -0.2) is 4.98 Å². The predicted octanol–water partition coefficient (Wildman–Crippen LogP) is 4.09. The second kappa shape index (κ2) is 4.66. The van der Waals surface area contributed by atoms with Gasteiger partial charge in [-0.2, -0.15) is 4.37 Å². The first-order chi connectivity index (χ1) is 7.15. The maximum Gasteiger partial charge on any atom is 0.234 e. The minimum atomic E-state index is 0.287. The third-order valence-corrected chi connectivity index (χ3v) is 3.50. The van der Waals surface area contributed by atoms with Crippen molar-refractivity contribution in [3.63, 3.8) is 0 Å². The number of nitrogens with zero attached hydrogens (tertiary/aromatic N) is 2. The average molecular weight is 280 g/mol. The maximum atomic E-state index is 5.89. The minimum absolute atomic E-state index is 0.287. The summed E-state index contributed by atoms with van der Waals surface area (Å²) in [5, 5.41) is 2.24. The van der Waals surface area contributed by atoms with E-state index in [1.54, 1.807) is 6.07 Å². The van der Waals surface area contributed by atoms with Crippen LogP contribution in [0.15, 0.2) is 18.2 Å². The van der Waals surface area contributed by atoms with Gasteiger partial charge in [0.1, 0.15) is 5.01 Å². The maximum absolute atomic E-state index is 5.89. The summed E-state index contributed by atoms with van der Waals surface area (Å²) in [4.78, 5) is 4.05. The highest BCUT2D eigenvalue weighted by molar-refractivity contribution is 7.05. The Hall–Kier alpha value is -0.350. The van der Waals surface area contributed by atoms with Crippen molar-refractivity contribution in [2.75, 3.05) is 0 Å². The highest BCUT2D eigenvalue weighted by atomic mass is 35.5. The molecule has 0 saturated carbocycles. The van der Waals surface area contributed by atoms with Crippen LogP contribution in [0.25, 0.3) is 0 Å². The van der Waals surface area contributed by atoms with Crippen LogP contribution in [-0.4, -0.2) is 9.36 Å². The Bertz CT molecular complexity index is 484. The monoisotopic (exact) mass is 278 g/mol. The zero-order valence-corrected chi connectivity index (χ0v) is 10.5. The van der Waals surface area contributed by atoms with E-state index in [2.05, 4.69) is 9.36 Å². The molecule has 0 fully saturated rings. The van der Waals surface area contributed by atoms with E-state index >= 15 is 0 Å². The van der Waals surface area contributed by atoms with Gasteiger partial charge in [0.2, 0.25) is 5.28 Å². The van der Waals surface area contributed by atoms with Crippen LogP contribution in [0.2, 0.25) is 15.3 Å². The number of aromatic nitrogens is 2. The van der Waals surface area contributed by atoms with Crippen molar-refractivity contribution in [2.24, 2.45) is 0 Å². The zero-order valence-electron chi connectivity index (χ0n) is 7.38. The van der Waals surface area contributed by atoms with E-state index in [9.17, 15) is 0 Å². The third-order valence-electron chi connectivity index (χ3n) is 1.78. The summed E-state index contributed by atoms with van der Waals surface area (Å²) in [6.45, 7) is 0. The molecule has 0 aliphatic carbocycles. The molecule has 0 bridgehead atoms. The Morgan fingerprint density at radius 3 is 2.53 bits per heavy atom. The molecule has 0 atom stereocenters. The van der Waals surface area contributed by atoms with E-state index in [0.717, 1.165) is 10.6 Å². The molecule has 0 unspecified atom stereocenters. The van der Waals surface area contributed by atoms with E-state index in [1.165, 1.54) is 11.5 Å². The second-order valence-corrected chi connectivity index (χ2v) is 4.87. The van der Waals surface area contributed by atoms with Crippen LogP contribution in [0.5, 0.6) is 0 Å². The number of halogens is 3. The highest BCUT2D eigenvalue weighted by Crippen LogP contribution is 2.24. The Morgan fingerprint density at radius 2 is 1.93 bits per heavy atom. The number of hydrogen-bond donors (Lipinski definition) is 0. The van der Waals surface area contributed by atoms with Gasteiger partial charge >= 0.3 is 0 Å². The van der Waals surface area contributed by atoms with Crippen molar-refractivity contribution in [2.45, 2.75) is 6.42 Å². The molecule has 0 radical (unpaired) electrons. The van der Waals surface area contributed by atoms with Gasteiger partial charge in [-0.15, -0.1) is 0 Å². The molecule has 0 aliphatic rings. The van der Waals surface area contributed by atoms with Crippen LogP contribution in [0.1, 0.15) is 10.6 Å². The molecule has 1 aromatic carbocycles. The molecule has 15 heavy (non-hydrogen) atoms. The van der Waals surface area contributed by atoms with Crippen LogP contribution >= 0.6 is 46.3 Å². The Labute approximate surface area is 106 Å². The SMILES string of the molecule is Clc1nsc(Cc2ccc(Cl)c(Cl)c2)n1. The molecule has 78 valence electrons. The van der Waals surface area contributed by atoms with Gasteiger partial charge in [0, 0.05) is 6.42 Å². The molecule has 0 aliphatic heterocycles. The van der Waals surface area contributed by atoms with E-state index in [1.807, 2.05) is 12.1 Å². The molecule has 0 spiro atoms. The van der Waals surface area contributed by atoms with Crippen molar-refractivity contribution < 1.29 is 0 Å². The molecule has 1 aromatic heterocycles.